The second kappa shape index (κ2) is 5.98. The van der Waals surface area contributed by atoms with E-state index in [1.807, 2.05) is 23.0 Å². The second-order valence-electron chi connectivity index (χ2n) is 4.82. The lowest BCUT2D eigenvalue weighted by Gasteiger charge is -2.20. The molecule has 18 heavy (non-hydrogen) atoms. The van der Waals surface area contributed by atoms with Crippen molar-refractivity contribution in [2.24, 2.45) is 0 Å². The minimum absolute atomic E-state index is 0.220. The molecule has 2 rings (SSSR count). The van der Waals surface area contributed by atoms with Gasteiger partial charge < -0.3 is 10.1 Å². The van der Waals surface area contributed by atoms with Crippen molar-refractivity contribution in [3.05, 3.63) is 30.5 Å². The largest absolute Gasteiger partial charge is 0.382 e. The zero-order valence-electron chi connectivity index (χ0n) is 11.3. The number of ether oxygens (including phenoxy) is 1. The van der Waals surface area contributed by atoms with E-state index in [1.165, 1.54) is 5.39 Å². The first kappa shape index (κ1) is 13.1. The summed E-state index contributed by atoms with van der Waals surface area (Å²) in [4.78, 5) is 0. The van der Waals surface area contributed by atoms with Crippen molar-refractivity contribution in [1.82, 2.24) is 15.1 Å². The summed E-state index contributed by atoms with van der Waals surface area (Å²) in [5.41, 5.74) is 1.16. The van der Waals surface area contributed by atoms with Crippen molar-refractivity contribution >= 4 is 10.9 Å². The summed E-state index contributed by atoms with van der Waals surface area (Å²) < 4.78 is 7.36. The van der Waals surface area contributed by atoms with Crippen LogP contribution in [0.4, 0.5) is 0 Å². The van der Waals surface area contributed by atoms with Crippen LogP contribution >= 0.6 is 0 Å². The van der Waals surface area contributed by atoms with Crippen molar-refractivity contribution < 1.29 is 4.74 Å². The third-order valence-corrected chi connectivity index (χ3v) is 2.97. The molecule has 0 aliphatic carbocycles. The molecule has 0 saturated heterocycles. The molecule has 4 nitrogen and oxygen atoms in total. The molecular weight excluding hydrogens is 226 g/mol. The molecule has 0 radical (unpaired) electrons. The Kier molecular flexibility index (Phi) is 4.33. The summed E-state index contributed by atoms with van der Waals surface area (Å²) >= 11 is 0. The molecule has 0 bridgehead atoms. The molecule has 1 atom stereocenters. The number of methoxy groups -OCH3 is 1. The number of hydrogen-bond acceptors (Lipinski definition) is 3. The Balaban J connectivity index is 2.24. The molecule has 4 heteroatoms. The van der Waals surface area contributed by atoms with E-state index >= 15 is 0 Å². The maximum atomic E-state index is 5.31. The highest BCUT2D eigenvalue weighted by Gasteiger charge is 2.14. The Labute approximate surface area is 108 Å². The Hall–Kier alpha value is -1.39. The minimum Gasteiger partial charge on any atom is -0.382 e. The molecular formula is C14H21N3O. The van der Waals surface area contributed by atoms with Gasteiger partial charge in [-0.2, -0.15) is 5.10 Å². The highest BCUT2D eigenvalue weighted by molar-refractivity contribution is 5.78. The topological polar surface area (TPSA) is 39.1 Å². The van der Waals surface area contributed by atoms with Crippen LogP contribution in [0.15, 0.2) is 30.5 Å². The number of para-hydroxylation sites is 1. The van der Waals surface area contributed by atoms with Gasteiger partial charge in [-0.3, -0.25) is 4.68 Å². The van der Waals surface area contributed by atoms with E-state index in [2.05, 4.69) is 36.4 Å². The van der Waals surface area contributed by atoms with Gasteiger partial charge in [0.2, 0.25) is 0 Å². The van der Waals surface area contributed by atoms with Gasteiger partial charge in [0.05, 0.1) is 24.4 Å². The zero-order valence-corrected chi connectivity index (χ0v) is 11.3. The SMILES string of the molecule is COCC(CNC(C)C)n1ncc2ccccc21. The highest BCUT2D eigenvalue weighted by atomic mass is 16.5. The maximum Gasteiger partial charge on any atom is 0.0883 e. The maximum absolute atomic E-state index is 5.31. The smallest absolute Gasteiger partial charge is 0.0883 e. The fourth-order valence-electron chi connectivity index (χ4n) is 2.06. The number of fused-ring (bicyclic) bond motifs is 1. The van der Waals surface area contributed by atoms with Crippen molar-refractivity contribution in [2.45, 2.75) is 25.9 Å². The molecule has 1 unspecified atom stereocenters. The number of hydrogen-bond donors (Lipinski definition) is 1. The first-order valence-electron chi connectivity index (χ1n) is 6.37. The van der Waals surface area contributed by atoms with Crippen molar-refractivity contribution in [1.29, 1.82) is 0 Å². The first-order chi connectivity index (χ1) is 8.72. The fourth-order valence-corrected chi connectivity index (χ4v) is 2.06. The molecule has 1 aromatic carbocycles. The number of nitrogens with one attached hydrogen (secondary N) is 1. The molecule has 1 N–H and O–H groups in total. The summed E-state index contributed by atoms with van der Waals surface area (Å²) in [6.07, 6.45) is 1.91. The third-order valence-electron chi connectivity index (χ3n) is 2.97. The van der Waals surface area contributed by atoms with Crippen LogP contribution in [0.25, 0.3) is 10.9 Å². The fraction of sp³-hybridized carbons (Fsp3) is 0.500. The Morgan fingerprint density at radius 3 is 2.83 bits per heavy atom. The van der Waals surface area contributed by atoms with Gasteiger partial charge in [-0.25, -0.2) is 0 Å². The van der Waals surface area contributed by atoms with E-state index < -0.39 is 0 Å². The summed E-state index contributed by atoms with van der Waals surface area (Å²) in [5, 5.41) is 9.10. The summed E-state index contributed by atoms with van der Waals surface area (Å²) in [6.45, 7) is 5.80. The van der Waals surface area contributed by atoms with E-state index in [0.29, 0.717) is 12.6 Å². The molecule has 0 fully saturated rings. The average Bonchev–Trinajstić information content (AvgIpc) is 2.78. The lowest BCUT2D eigenvalue weighted by molar-refractivity contribution is 0.149. The van der Waals surface area contributed by atoms with Gasteiger partial charge in [0.15, 0.2) is 0 Å². The minimum atomic E-state index is 0.220. The van der Waals surface area contributed by atoms with E-state index in [-0.39, 0.29) is 6.04 Å². The van der Waals surface area contributed by atoms with Gasteiger partial charge >= 0.3 is 0 Å². The van der Waals surface area contributed by atoms with Crippen LogP contribution in [-0.2, 0) is 4.74 Å². The predicted octanol–water partition coefficient (Wildman–Crippen LogP) is 2.22. The van der Waals surface area contributed by atoms with E-state index in [1.54, 1.807) is 7.11 Å². The van der Waals surface area contributed by atoms with Crippen molar-refractivity contribution in [2.75, 3.05) is 20.3 Å². The number of rotatable bonds is 6. The van der Waals surface area contributed by atoms with Gasteiger partial charge in [-0.15, -0.1) is 0 Å². The van der Waals surface area contributed by atoms with Crippen LogP contribution < -0.4 is 5.32 Å². The van der Waals surface area contributed by atoms with Crippen LogP contribution in [0.1, 0.15) is 19.9 Å². The molecule has 0 aliphatic heterocycles. The van der Waals surface area contributed by atoms with Crippen LogP contribution in [-0.4, -0.2) is 36.1 Å². The summed E-state index contributed by atoms with van der Waals surface area (Å²) in [6, 6.07) is 8.94. The Morgan fingerprint density at radius 2 is 2.11 bits per heavy atom. The van der Waals surface area contributed by atoms with Crippen LogP contribution in [0.5, 0.6) is 0 Å². The molecule has 0 spiro atoms. The van der Waals surface area contributed by atoms with Gasteiger partial charge in [-0.1, -0.05) is 32.0 Å². The van der Waals surface area contributed by atoms with Crippen LogP contribution in [0, 0.1) is 0 Å². The van der Waals surface area contributed by atoms with Gasteiger partial charge in [0.1, 0.15) is 0 Å². The summed E-state index contributed by atoms with van der Waals surface area (Å²) in [7, 11) is 1.73. The number of benzene rings is 1. The van der Waals surface area contributed by atoms with E-state index in [4.69, 9.17) is 4.74 Å². The second-order valence-corrected chi connectivity index (χ2v) is 4.82. The zero-order chi connectivity index (χ0) is 13.0. The average molecular weight is 247 g/mol. The molecule has 98 valence electrons. The molecule has 0 amide bonds. The van der Waals surface area contributed by atoms with Gasteiger partial charge in [-0.05, 0) is 6.07 Å². The molecule has 1 aromatic heterocycles. The van der Waals surface area contributed by atoms with Gasteiger partial charge in [0, 0.05) is 25.1 Å². The molecule has 0 aliphatic rings. The Morgan fingerprint density at radius 1 is 1.33 bits per heavy atom. The van der Waals surface area contributed by atoms with Crippen LogP contribution in [0.2, 0.25) is 0 Å². The lowest BCUT2D eigenvalue weighted by Crippen LogP contribution is -2.33. The molecule has 1 heterocycles. The standard InChI is InChI=1S/C14H21N3O/c1-11(2)15-9-13(10-18-3)17-14-7-5-4-6-12(14)8-16-17/h4-8,11,13,15H,9-10H2,1-3H3. The van der Waals surface area contributed by atoms with Crippen molar-refractivity contribution in [3.8, 4) is 0 Å². The van der Waals surface area contributed by atoms with Crippen molar-refractivity contribution in [3.63, 3.8) is 0 Å². The van der Waals surface area contributed by atoms with E-state index in [0.717, 1.165) is 12.1 Å². The highest BCUT2D eigenvalue weighted by Crippen LogP contribution is 2.17. The number of nitrogens with zero attached hydrogens (tertiary/aromatic N) is 2. The predicted molar refractivity (Wildman–Crippen MR) is 73.8 cm³/mol. The monoisotopic (exact) mass is 247 g/mol. The first-order valence-corrected chi connectivity index (χ1v) is 6.37. The molecule has 0 saturated carbocycles. The van der Waals surface area contributed by atoms with Gasteiger partial charge in [0.25, 0.3) is 0 Å². The number of aromatic nitrogens is 2. The normalized spacial score (nSPS) is 13.3. The Bertz CT molecular complexity index is 492. The quantitative estimate of drug-likeness (QED) is 0.850. The third kappa shape index (κ3) is 2.89. The molecule has 2 aromatic rings. The van der Waals surface area contributed by atoms with Crippen LogP contribution in [0.3, 0.4) is 0 Å². The summed E-state index contributed by atoms with van der Waals surface area (Å²) in [5.74, 6) is 0. The van der Waals surface area contributed by atoms with E-state index in [9.17, 15) is 0 Å². The lowest BCUT2D eigenvalue weighted by atomic mass is 10.2.